The van der Waals surface area contributed by atoms with Crippen LogP contribution in [-0.4, -0.2) is 34.3 Å². The average Bonchev–Trinajstić information content (AvgIpc) is 2.76. The van der Waals surface area contributed by atoms with Crippen LogP contribution in [0.25, 0.3) is 0 Å². The van der Waals surface area contributed by atoms with Gasteiger partial charge >= 0.3 is 11.9 Å². The summed E-state index contributed by atoms with van der Waals surface area (Å²) in [5.74, 6) is -0.818. The minimum absolute atomic E-state index is 0.0261. The van der Waals surface area contributed by atoms with Crippen molar-refractivity contribution in [2.24, 2.45) is 5.73 Å². The molecular formula is C27H46N2O5. The quantitative estimate of drug-likeness (QED) is 0.104. The summed E-state index contributed by atoms with van der Waals surface area (Å²) in [7, 11) is 0. The number of nitrogen functional groups attached to an aromatic ring is 1. The normalized spacial score (nSPS) is 11.6. The van der Waals surface area contributed by atoms with Gasteiger partial charge in [0.2, 0.25) is 0 Å². The Kier molecular flexibility index (Phi) is 18.4. The van der Waals surface area contributed by atoms with Gasteiger partial charge in [0.1, 0.15) is 11.4 Å². The Morgan fingerprint density at radius 2 is 1.59 bits per heavy atom. The smallest absolute Gasteiger partial charge is 0.303 e. The number of rotatable bonds is 12. The zero-order chi connectivity index (χ0) is 26.7. The van der Waals surface area contributed by atoms with E-state index in [0.717, 1.165) is 31.2 Å². The third kappa shape index (κ3) is 15.2. The van der Waals surface area contributed by atoms with Crippen molar-refractivity contribution in [1.29, 1.82) is 5.41 Å². The van der Waals surface area contributed by atoms with E-state index >= 15 is 0 Å². The fourth-order valence-electron chi connectivity index (χ4n) is 3.51. The van der Waals surface area contributed by atoms with Gasteiger partial charge in [0.05, 0.1) is 0 Å². The molecule has 0 heterocycles. The summed E-state index contributed by atoms with van der Waals surface area (Å²) in [6.45, 7) is 13.0. The second kappa shape index (κ2) is 18.7. The van der Waals surface area contributed by atoms with Crippen LogP contribution >= 0.6 is 0 Å². The second-order valence-corrected chi connectivity index (χ2v) is 8.44. The van der Waals surface area contributed by atoms with Crippen molar-refractivity contribution in [1.82, 2.24) is 0 Å². The molecule has 0 aromatic heterocycles. The van der Waals surface area contributed by atoms with E-state index in [2.05, 4.69) is 20.8 Å². The van der Waals surface area contributed by atoms with Gasteiger partial charge in [-0.05, 0) is 51.2 Å². The first-order chi connectivity index (χ1) is 15.9. The number of carboxylic acids is 1. The number of carbonyl (C=O) groups excluding carboxylic acids is 2. The maximum absolute atomic E-state index is 11.2. The highest BCUT2D eigenvalue weighted by atomic mass is 16.6. The first-order valence-corrected chi connectivity index (χ1v) is 12.3. The number of esters is 1. The summed E-state index contributed by atoms with van der Waals surface area (Å²) in [6.07, 6.45) is 9.22. The van der Waals surface area contributed by atoms with Crippen molar-refractivity contribution < 1.29 is 24.2 Å². The third-order valence-electron chi connectivity index (χ3n) is 5.42. The lowest BCUT2D eigenvalue weighted by Crippen LogP contribution is -2.33. The van der Waals surface area contributed by atoms with Crippen molar-refractivity contribution in [3.63, 3.8) is 0 Å². The molecule has 1 aromatic carbocycles. The number of hydrogen-bond donors (Lipinski definition) is 3. The number of benzene rings is 1. The monoisotopic (exact) mass is 478 g/mol. The molecule has 7 heteroatoms. The number of nitrogens with one attached hydrogen (secondary N) is 1. The number of carbonyl (C=O) groups is 3. The van der Waals surface area contributed by atoms with Crippen LogP contribution in [0.2, 0.25) is 0 Å². The van der Waals surface area contributed by atoms with Gasteiger partial charge in [0.15, 0.2) is 5.78 Å². The van der Waals surface area contributed by atoms with E-state index in [0.29, 0.717) is 11.1 Å². The van der Waals surface area contributed by atoms with Crippen molar-refractivity contribution in [3.05, 3.63) is 34.9 Å². The molecule has 1 atom stereocenters. The maximum atomic E-state index is 11.2. The molecule has 1 unspecified atom stereocenters. The topological polar surface area (TPSA) is 131 Å². The summed E-state index contributed by atoms with van der Waals surface area (Å²) < 4.78 is 5.57. The highest BCUT2D eigenvalue weighted by Crippen LogP contribution is 2.29. The van der Waals surface area contributed by atoms with Gasteiger partial charge in [-0.1, -0.05) is 65.5 Å². The molecule has 0 fully saturated rings. The average molecular weight is 479 g/mol. The number of nitrogens with two attached hydrogens (primary N) is 1. The fourth-order valence-corrected chi connectivity index (χ4v) is 3.51. The Morgan fingerprint density at radius 3 is 1.94 bits per heavy atom. The molecular weight excluding hydrogens is 432 g/mol. The Labute approximate surface area is 206 Å². The zero-order valence-electron chi connectivity index (χ0n) is 22.3. The van der Waals surface area contributed by atoms with Crippen molar-refractivity contribution in [2.75, 3.05) is 0 Å². The predicted molar refractivity (Wildman–Crippen MR) is 139 cm³/mol. The Balaban J connectivity index is 0. The first kappa shape index (κ1) is 33.5. The number of carboxylic acid groups (broad SMARTS) is 1. The van der Waals surface area contributed by atoms with E-state index in [4.69, 9.17) is 21.0 Å². The number of aryl methyl sites for hydroxylation is 1. The lowest BCUT2D eigenvalue weighted by atomic mass is 9.88. The van der Waals surface area contributed by atoms with Crippen molar-refractivity contribution in [2.45, 2.75) is 112 Å². The van der Waals surface area contributed by atoms with E-state index in [1.54, 1.807) is 25.1 Å². The van der Waals surface area contributed by atoms with Gasteiger partial charge in [-0.2, -0.15) is 0 Å². The summed E-state index contributed by atoms with van der Waals surface area (Å²) in [4.78, 5) is 31.6. The third-order valence-corrected chi connectivity index (χ3v) is 5.42. The van der Waals surface area contributed by atoms with Gasteiger partial charge in [0, 0.05) is 24.5 Å². The van der Waals surface area contributed by atoms with Gasteiger partial charge in [0.25, 0.3) is 0 Å². The van der Waals surface area contributed by atoms with Crippen molar-refractivity contribution >= 4 is 23.6 Å². The van der Waals surface area contributed by atoms with Crippen LogP contribution in [0.5, 0.6) is 0 Å². The molecule has 34 heavy (non-hydrogen) atoms. The molecule has 0 bridgehead atoms. The van der Waals surface area contributed by atoms with Crippen molar-refractivity contribution in [3.8, 4) is 0 Å². The maximum Gasteiger partial charge on any atom is 0.303 e. The first-order valence-electron chi connectivity index (χ1n) is 12.3. The van der Waals surface area contributed by atoms with Crippen LogP contribution in [0.1, 0.15) is 121 Å². The van der Waals surface area contributed by atoms with Crippen LogP contribution in [0, 0.1) is 12.3 Å². The molecule has 0 spiro atoms. The molecule has 194 valence electrons. The van der Waals surface area contributed by atoms with Crippen LogP contribution in [-0.2, 0) is 14.3 Å². The standard InChI is InChI=1S/C14H28O2.C10H12N2O.C3H6O2/c1-5-8-9-10-12-14(7-3,11-6-2)16-13(4)15;1-6-5-8(10(11)12)3-4-9(6)7(2)13;1-2-3(4)5/h5-12H2,1-4H3;3-5H,1-2H3,(H3,11,12);2H2,1H3,(H,4,5). The summed E-state index contributed by atoms with van der Waals surface area (Å²) in [5.41, 5.74) is 7.32. The highest BCUT2D eigenvalue weighted by molar-refractivity contribution is 5.99. The SMILES string of the molecule is CC(=O)c1ccc(C(=N)N)cc1C.CCC(=O)O.CCCCCCC(CC)(CCC)OC(C)=O. The molecule has 0 saturated heterocycles. The molecule has 0 aliphatic heterocycles. The van der Waals surface area contributed by atoms with Crippen LogP contribution in [0.15, 0.2) is 18.2 Å². The number of amidine groups is 1. The number of ether oxygens (including phenoxy) is 1. The molecule has 4 N–H and O–H groups in total. The molecule has 1 rings (SSSR count). The van der Waals surface area contributed by atoms with Crippen LogP contribution in [0.4, 0.5) is 0 Å². The van der Waals surface area contributed by atoms with E-state index in [-0.39, 0.29) is 29.6 Å². The van der Waals surface area contributed by atoms with Crippen LogP contribution in [0.3, 0.4) is 0 Å². The van der Waals surface area contributed by atoms with Gasteiger partial charge in [-0.3, -0.25) is 19.8 Å². The minimum atomic E-state index is -0.745. The predicted octanol–water partition coefficient (Wildman–Crippen LogP) is 6.43. The molecule has 0 aliphatic rings. The molecule has 0 amide bonds. The van der Waals surface area contributed by atoms with E-state index < -0.39 is 5.97 Å². The Hall–Kier alpha value is -2.70. The largest absolute Gasteiger partial charge is 0.481 e. The molecule has 0 saturated carbocycles. The van der Waals surface area contributed by atoms with E-state index in [1.807, 2.05) is 6.92 Å². The number of aliphatic carboxylic acids is 1. The van der Waals surface area contributed by atoms with Gasteiger partial charge in [-0.25, -0.2) is 0 Å². The summed E-state index contributed by atoms with van der Waals surface area (Å²) in [5, 5.41) is 14.9. The Morgan fingerprint density at radius 1 is 1.00 bits per heavy atom. The summed E-state index contributed by atoms with van der Waals surface area (Å²) >= 11 is 0. The lowest BCUT2D eigenvalue weighted by Gasteiger charge is -2.32. The number of ketones is 1. The lowest BCUT2D eigenvalue weighted by molar-refractivity contribution is -0.159. The number of Topliss-reactive ketones (excluding diaryl/α,β-unsaturated/α-hetero) is 1. The number of unbranched alkanes of at least 4 members (excludes halogenated alkanes) is 3. The zero-order valence-corrected chi connectivity index (χ0v) is 22.3. The van der Waals surface area contributed by atoms with Gasteiger partial charge in [-0.15, -0.1) is 0 Å². The minimum Gasteiger partial charge on any atom is -0.481 e. The van der Waals surface area contributed by atoms with E-state index in [1.165, 1.54) is 39.5 Å². The molecule has 1 aromatic rings. The molecule has 0 radical (unpaired) electrons. The second-order valence-electron chi connectivity index (χ2n) is 8.44. The number of hydrogen-bond acceptors (Lipinski definition) is 5. The molecule has 0 aliphatic carbocycles. The highest BCUT2D eigenvalue weighted by Gasteiger charge is 2.29. The summed E-state index contributed by atoms with van der Waals surface area (Å²) in [6, 6.07) is 5.14. The fraction of sp³-hybridized carbons (Fsp3) is 0.630. The van der Waals surface area contributed by atoms with E-state index in [9.17, 15) is 14.4 Å². The Bertz CT molecular complexity index is 776. The van der Waals surface area contributed by atoms with Crippen LogP contribution < -0.4 is 5.73 Å². The molecule has 7 nitrogen and oxygen atoms in total. The van der Waals surface area contributed by atoms with Gasteiger partial charge < -0.3 is 15.6 Å².